The van der Waals surface area contributed by atoms with Gasteiger partial charge in [-0.1, -0.05) is 0 Å². The van der Waals surface area contributed by atoms with E-state index in [1.807, 2.05) is 19.1 Å². The van der Waals surface area contributed by atoms with Gasteiger partial charge < -0.3 is 10.1 Å². The molecule has 0 saturated heterocycles. The van der Waals surface area contributed by atoms with Gasteiger partial charge in [-0.15, -0.1) is 0 Å². The van der Waals surface area contributed by atoms with E-state index in [9.17, 15) is 13.6 Å². The fourth-order valence-corrected chi connectivity index (χ4v) is 3.36. The molecule has 2 heterocycles. The summed E-state index contributed by atoms with van der Waals surface area (Å²) in [5.41, 5.74) is 4.42. The summed E-state index contributed by atoms with van der Waals surface area (Å²) in [5, 5.41) is 2.80. The molecule has 136 valence electrons. The number of carbonyl (C=O) groups excluding carboxylic acids is 1. The van der Waals surface area contributed by atoms with Gasteiger partial charge in [0.1, 0.15) is 11.6 Å². The van der Waals surface area contributed by atoms with Crippen LogP contribution in [0.25, 0.3) is 22.3 Å². The fraction of sp³-hybridized carbons (Fsp3) is 0.143. The van der Waals surface area contributed by atoms with Gasteiger partial charge in [0.2, 0.25) is 5.88 Å². The van der Waals surface area contributed by atoms with Gasteiger partial charge in [0.15, 0.2) is 0 Å². The van der Waals surface area contributed by atoms with Crippen LogP contribution in [-0.4, -0.2) is 18.0 Å². The highest BCUT2D eigenvalue weighted by Crippen LogP contribution is 2.36. The van der Waals surface area contributed by atoms with Gasteiger partial charge in [-0.05, 0) is 59.5 Å². The van der Waals surface area contributed by atoms with Gasteiger partial charge in [-0.2, -0.15) is 0 Å². The lowest BCUT2D eigenvalue weighted by molar-refractivity contribution is 0.0966. The van der Waals surface area contributed by atoms with Crippen molar-refractivity contribution in [1.29, 1.82) is 0 Å². The van der Waals surface area contributed by atoms with Gasteiger partial charge in [-0.25, -0.2) is 13.8 Å². The molecule has 0 spiro atoms. The monoisotopic (exact) mass is 366 g/mol. The number of carbonyl (C=O) groups is 1. The average Bonchev–Trinajstić information content (AvgIpc) is 3.01. The zero-order valence-corrected chi connectivity index (χ0v) is 14.8. The van der Waals surface area contributed by atoms with Crippen LogP contribution in [0, 0.1) is 18.6 Å². The minimum absolute atomic E-state index is 0.214. The van der Waals surface area contributed by atoms with E-state index in [1.54, 1.807) is 12.1 Å². The van der Waals surface area contributed by atoms with Crippen molar-refractivity contribution in [2.75, 3.05) is 7.11 Å². The maximum atomic E-state index is 14.3. The molecule has 0 saturated carbocycles. The molecule has 6 heteroatoms. The van der Waals surface area contributed by atoms with Gasteiger partial charge in [0, 0.05) is 35.5 Å². The minimum atomic E-state index is -0.678. The third kappa shape index (κ3) is 3.03. The molecule has 0 unspecified atom stereocenters. The average molecular weight is 366 g/mol. The number of hydrogen-bond donors (Lipinski definition) is 1. The molecule has 27 heavy (non-hydrogen) atoms. The smallest absolute Gasteiger partial charge is 0.251 e. The molecule has 1 aliphatic rings. The van der Waals surface area contributed by atoms with Crippen molar-refractivity contribution in [2.24, 2.45) is 0 Å². The molecule has 0 aliphatic carbocycles. The highest BCUT2D eigenvalue weighted by Gasteiger charge is 2.25. The molecule has 1 amide bonds. The highest BCUT2D eigenvalue weighted by molar-refractivity contribution is 6.02. The number of halogens is 2. The molecule has 0 atom stereocenters. The SMILES string of the molecule is COc1cc(-c2cc(-c3ccc(F)cc3F)cc3c2CNC3=O)cc(C)n1. The lowest BCUT2D eigenvalue weighted by atomic mass is 9.91. The highest BCUT2D eigenvalue weighted by atomic mass is 19.1. The number of rotatable bonds is 3. The summed E-state index contributed by atoms with van der Waals surface area (Å²) in [4.78, 5) is 16.5. The summed E-state index contributed by atoms with van der Waals surface area (Å²) in [5.74, 6) is -1.09. The molecule has 1 N–H and O–H groups in total. The summed E-state index contributed by atoms with van der Waals surface area (Å²) >= 11 is 0. The molecule has 0 bridgehead atoms. The van der Waals surface area contributed by atoms with E-state index in [-0.39, 0.29) is 11.5 Å². The van der Waals surface area contributed by atoms with E-state index in [4.69, 9.17) is 4.74 Å². The molecule has 4 nitrogen and oxygen atoms in total. The van der Waals surface area contributed by atoms with Crippen molar-refractivity contribution in [3.05, 3.63) is 70.9 Å². The van der Waals surface area contributed by atoms with Crippen LogP contribution in [0.2, 0.25) is 0 Å². The number of nitrogens with zero attached hydrogens (tertiary/aromatic N) is 1. The van der Waals surface area contributed by atoms with Crippen LogP contribution in [0.4, 0.5) is 8.78 Å². The number of benzene rings is 2. The Morgan fingerprint density at radius 2 is 1.74 bits per heavy atom. The Labute approximate surface area is 154 Å². The maximum absolute atomic E-state index is 14.3. The number of aromatic nitrogens is 1. The van der Waals surface area contributed by atoms with Crippen LogP contribution < -0.4 is 10.1 Å². The Bertz CT molecular complexity index is 1080. The summed E-state index contributed by atoms with van der Waals surface area (Å²) in [6.45, 7) is 2.23. The van der Waals surface area contributed by atoms with Crippen LogP contribution in [0.15, 0.2) is 42.5 Å². The second kappa shape index (κ2) is 6.46. The Kier molecular flexibility index (Phi) is 4.11. The van der Waals surface area contributed by atoms with Crippen molar-refractivity contribution in [2.45, 2.75) is 13.5 Å². The number of methoxy groups -OCH3 is 1. The maximum Gasteiger partial charge on any atom is 0.251 e. The molecule has 3 aromatic rings. The first-order valence-corrected chi connectivity index (χ1v) is 8.40. The Morgan fingerprint density at radius 3 is 2.48 bits per heavy atom. The Morgan fingerprint density at radius 1 is 1.00 bits per heavy atom. The van der Waals surface area contributed by atoms with E-state index < -0.39 is 11.6 Å². The first-order chi connectivity index (χ1) is 13.0. The molecule has 0 radical (unpaired) electrons. The van der Waals surface area contributed by atoms with Crippen molar-refractivity contribution < 1.29 is 18.3 Å². The van der Waals surface area contributed by atoms with Gasteiger partial charge in [-0.3, -0.25) is 4.79 Å². The fourth-order valence-electron chi connectivity index (χ4n) is 3.36. The number of ether oxygens (including phenoxy) is 1. The van der Waals surface area contributed by atoms with E-state index in [0.29, 0.717) is 23.6 Å². The lowest BCUT2D eigenvalue weighted by Crippen LogP contribution is -2.12. The molecule has 1 aliphatic heterocycles. The number of aryl methyl sites for hydroxylation is 1. The summed E-state index contributed by atoms with van der Waals surface area (Å²) in [6.07, 6.45) is 0. The molecular formula is C21H16F2N2O2. The molecule has 1 aromatic heterocycles. The standard InChI is InChI=1S/C21H16F2N2O2/c1-11-5-12(8-20(25-11)27-2)16-6-13(7-17-18(16)10-24-21(17)26)15-4-3-14(22)9-19(15)23/h3-9H,10H2,1-2H3,(H,24,26). The Balaban J connectivity index is 1.97. The van der Waals surface area contributed by atoms with Crippen molar-refractivity contribution in [3.8, 4) is 28.1 Å². The molecule has 0 fully saturated rings. The predicted octanol–water partition coefficient (Wildman–Crippen LogP) is 4.25. The van der Waals surface area contributed by atoms with Crippen LogP contribution in [0.3, 0.4) is 0 Å². The van der Waals surface area contributed by atoms with Crippen molar-refractivity contribution in [1.82, 2.24) is 10.3 Å². The topological polar surface area (TPSA) is 51.2 Å². The zero-order chi connectivity index (χ0) is 19.1. The van der Waals surface area contributed by atoms with Crippen LogP contribution >= 0.6 is 0 Å². The number of pyridine rings is 1. The van der Waals surface area contributed by atoms with E-state index >= 15 is 0 Å². The number of amides is 1. The summed E-state index contributed by atoms with van der Waals surface area (Å²) in [7, 11) is 1.53. The lowest BCUT2D eigenvalue weighted by Gasteiger charge is -2.13. The van der Waals surface area contributed by atoms with Crippen molar-refractivity contribution in [3.63, 3.8) is 0 Å². The summed E-state index contributed by atoms with van der Waals surface area (Å²) < 4.78 is 32.9. The normalized spacial score (nSPS) is 12.7. The second-order valence-corrected chi connectivity index (χ2v) is 6.40. The predicted molar refractivity (Wildman–Crippen MR) is 97.5 cm³/mol. The first-order valence-electron chi connectivity index (χ1n) is 8.40. The number of nitrogens with one attached hydrogen (secondary N) is 1. The van der Waals surface area contributed by atoms with Gasteiger partial charge in [0.25, 0.3) is 5.91 Å². The quantitative estimate of drug-likeness (QED) is 0.754. The van der Waals surface area contributed by atoms with E-state index in [2.05, 4.69) is 10.3 Å². The first kappa shape index (κ1) is 17.1. The molecule has 4 rings (SSSR count). The zero-order valence-electron chi connectivity index (χ0n) is 14.8. The molecule has 2 aromatic carbocycles. The van der Waals surface area contributed by atoms with E-state index in [1.165, 1.54) is 19.2 Å². The molecular weight excluding hydrogens is 350 g/mol. The third-order valence-electron chi connectivity index (χ3n) is 4.61. The van der Waals surface area contributed by atoms with Crippen LogP contribution in [0.1, 0.15) is 21.6 Å². The number of hydrogen-bond acceptors (Lipinski definition) is 3. The van der Waals surface area contributed by atoms with Crippen LogP contribution in [0.5, 0.6) is 5.88 Å². The van der Waals surface area contributed by atoms with Gasteiger partial charge >= 0.3 is 0 Å². The Hall–Kier alpha value is -3.28. The van der Waals surface area contributed by atoms with Gasteiger partial charge in [0.05, 0.1) is 7.11 Å². The second-order valence-electron chi connectivity index (χ2n) is 6.40. The van der Waals surface area contributed by atoms with Crippen LogP contribution in [-0.2, 0) is 6.54 Å². The van der Waals surface area contributed by atoms with E-state index in [0.717, 1.165) is 28.5 Å². The third-order valence-corrected chi connectivity index (χ3v) is 4.61. The largest absolute Gasteiger partial charge is 0.481 e. The summed E-state index contributed by atoms with van der Waals surface area (Å²) in [6, 6.07) is 10.5. The van der Waals surface area contributed by atoms with Crippen molar-refractivity contribution >= 4 is 5.91 Å². The number of fused-ring (bicyclic) bond motifs is 1. The minimum Gasteiger partial charge on any atom is -0.481 e.